The van der Waals surface area contributed by atoms with Crippen LogP contribution in [0, 0.1) is 20.2 Å². The first-order valence-electron chi connectivity index (χ1n) is 18.5. The average Bonchev–Trinajstić information content (AvgIpc) is 3.25. The number of hydrogen-bond acceptors (Lipinski definition) is 10. The molecule has 0 aliphatic rings. The molecule has 306 valence electrons. The molecule has 6 rings (SSSR count). The SMILES string of the molecule is O=C(COc1ccc2ccccc2c1-c1c(OCC(=O)NCCNC(=S)Nc2ccc([N+](=O)[O-])cc2)ccc2ccccc12)NCCNC(=S)Nc1ccc([N+](=O)[O-])cc1. The number of carbonyl (C=O) groups excluding carboxylic acids is 2. The number of carbonyl (C=O) groups is 2. The number of ether oxygens (including phenoxy) is 2. The Hall–Kier alpha value is -7.44. The topological polar surface area (TPSA) is 211 Å². The van der Waals surface area contributed by atoms with Gasteiger partial charge in [-0.1, -0.05) is 60.7 Å². The molecule has 0 heterocycles. The van der Waals surface area contributed by atoms with E-state index in [0.717, 1.165) is 21.5 Å². The van der Waals surface area contributed by atoms with Crippen molar-refractivity contribution < 1.29 is 28.9 Å². The fraction of sp³-hybridized carbons (Fsp3) is 0.143. The van der Waals surface area contributed by atoms with Gasteiger partial charge in [-0.25, -0.2) is 0 Å². The van der Waals surface area contributed by atoms with Crippen molar-refractivity contribution in [1.82, 2.24) is 21.3 Å². The lowest BCUT2D eigenvalue weighted by Crippen LogP contribution is -2.38. The van der Waals surface area contributed by atoms with Gasteiger partial charge in [-0.2, -0.15) is 0 Å². The first-order valence-corrected chi connectivity index (χ1v) is 19.3. The molecule has 16 nitrogen and oxygen atoms in total. The summed E-state index contributed by atoms with van der Waals surface area (Å²) in [6.07, 6.45) is 0. The third-order valence-electron chi connectivity index (χ3n) is 8.89. The Morgan fingerprint density at radius 1 is 0.500 bits per heavy atom. The van der Waals surface area contributed by atoms with Gasteiger partial charge in [-0.15, -0.1) is 0 Å². The van der Waals surface area contributed by atoms with Gasteiger partial charge in [0.05, 0.1) is 9.85 Å². The van der Waals surface area contributed by atoms with Gasteiger partial charge in [0.15, 0.2) is 23.4 Å². The molecule has 0 aliphatic carbocycles. The molecule has 6 aromatic rings. The Bertz CT molecular complexity index is 2380. The zero-order chi connectivity index (χ0) is 42.4. The Morgan fingerprint density at radius 2 is 0.867 bits per heavy atom. The zero-order valence-corrected chi connectivity index (χ0v) is 33.4. The van der Waals surface area contributed by atoms with E-state index in [1.54, 1.807) is 36.4 Å². The molecule has 0 aromatic heterocycles. The fourth-order valence-electron chi connectivity index (χ4n) is 6.09. The molecule has 0 spiro atoms. The molecule has 0 bridgehead atoms. The van der Waals surface area contributed by atoms with E-state index in [2.05, 4.69) is 31.9 Å². The van der Waals surface area contributed by atoms with E-state index in [4.69, 9.17) is 33.9 Å². The number of thiocarbonyl (C=S) groups is 2. The van der Waals surface area contributed by atoms with Gasteiger partial charge in [0.2, 0.25) is 0 Å². The summed E-state index contributed by atoms with van der Waals surface area (Å²) in [4.78, 5) is 46.8. The number of non-ortho nitro benzene ring substituents is 2. The average molecular weight is 847 g/mol. The molecule has 0 unspecified atom stereocenters. The van der Waals surface area contributed by atoms with Gasteiger partial charge in [0, 0.05) is 72.9 Å². The number of nitrogens with zero attached hydrogens (tertiary/aromatic N) is 2. The summed E-state index contributed by atoms with van der Waals surface area (Å²) in [7, 11) is 0. The second-order valence-electron chi connectivity index (χ2n) is 13.0. The maximum Gasteiger partial charge on any atom is 0.269 e. The van der Waals surface area contributed by atoms with Crippen LogP contribution in [-0.2, 0) is 9.59 Å². The Morgan fingerprint density at radius 3 is 1.25 bits per heavy atom. The van der Waals surface area contributed by atoms with E-state index in [0.29, 0.717) is 47.1 Å². The predicted octanol–water partition coefficient (Wildman–Crippen LogP) is 6.44. The summed E-state index contributed by atoms with van der Waals surface area (Å²) in [6, 6.07) is 34.7. The van der Waals surface area contributed by atoms with Crippen LogP contribution < -0.4 is 41.4 Å². The Kier molecular flexibility index (Phi) is 14.3. The minimum absolute atomic E-state index is 0.0333. The molecule has 6 N–H and O–H groups in total. The molecular formula is C42H38N8O8S2. The monoisotopic (exact) mass is 846 g/mol. The number of fused-ring (bicyclic) bond motifs is 2. The van der Waals surface area contributed by atoms with Crippen LogP contribution in [0.5, 0.6) is 11.5 Å². The standard InChI is InChI=1S/C42H38N8O8S2/c51-37(43-21-23-45-41(59)47-29-11-15-31(16-12-29)49(53)54)25-57-35-19-9-27-5-1-3-7-33(27)39(35)40-34-8-4-2-6-28(34)10-20-36(40)58-26-38(52)44-22-24-46-42(60)48-30-13-17-32(18-14-30)50(55)56/h1-20H,21-26H2,(H,43,51)(H,44,52)(H2,45,47,59)(H2,46,48,60). The number of nitro groups is 2. The zero-order valence-electron chi connectivity index (χ0n) is 31.8. The highest BCUT2D eigenvalue weighted by molar-refractivity contribution is 7.80. The van der Waals surface area contributed by atoms with Crippen LogP contribution in [0.25, 0.3) is 32.7 Å². The predicted molar refractivity (Wildman–Crippen MR) is 239 cm³/mol. The number of nitrogens with one attached hydrogen (secondary N) is 6. The van der Waals surface area contributed by atoms with Gasteiger partial charge in [0.1, 0.15) is 11.5 Å². The van der Waals surface area contributed by atoms with Crippen LogP contribution >= 0.6 is 24.4 Å². The minimum atomic E-state index is -0.483. The van der Waals surface area contributed by atoms with E-state index in [1.807, 2.05) is 60.7 Å². The Balaban J connectivity index is 1.07. The summed E-state index contributed by atoms with van der Waals surface area (Å²) in [6.45, 7) is 0.505. The van der Waals surface area contributed by atoms with Crippen molar-refractivity contribution in [3.63, 3.8) is 0 Å². The van der Waals surface area contributed by atoms with Crippen LogP contribution in [0.3, 0.4) is 0 Å². The van der Waals surface area contributed by atoms with E-state index in [-0.39, 0.29) is 59.7 Å². The van der Waals surface area contributed by atoms with E-state index < -0.39 is 9.85 Å². The molecule has 2 amide bonds. The lowest BCUT2D eigenvalue weighted by atomic mass is 9.92. The Labute approximate surface area is 353 Å². The number of rotatable bonds is 17. The van der Waals surface area contributed by atoms with Crippen molar-refractivity contribution in [2.45, 2.75) is 0 Å². The second-order valence-corrected chi connectivity index (χ2v) is 13.8. The van der Waals surface area contributed by atoms with Gasteiger partial charge >= 0.3 is 0 Å². The summed E-state index contributed by atoms with van der Waals surface area (Å²) in [5, 5.41) is 43.4. The quantitative estimate of drug-likeness (QED) is 0.0253. The fourth-order valence-corrected chi connectivity index (χ4v) is 6.53. The van der Waals surface area contributed by atoms with Crippen molar-refractivity contribution in [3.05, 3.63) is 142 Å². The summed E-state index contributed by atoms with van der Waals surface area (Å²) < 4.78 is 12.4. The third-order valence-corrected chi connectivity index (χ3v) is 9.38. The van der Waals surface area contributed by atoms with Crippen molar-refractivity contribution in [2.75, 3.05) is 50.0 Å². The summed E-state index contributed by atoms with van der Waals surface area (Å²) in [5.41, 5.74) is 2.47. The molecule has 0 aliphatic heterocycles. The van der Waals surface area contributed by atoms with Crippen LogP contribution in [0.4, 0.5) is 22.7 Å². The molecular weight excluding hydrogens is 809 g/mol. The normalized spacial score (nSPS) is 10.6. The molecule has 0 saturated carbocycles. The number of hydrogen-bond donors (Lipinski definition) is 6. The van der Waals surface area contributed by atoms with Gasteiger partial charge < -0.3 is 41.4 Å². The van der Waals surface area contributed by atoms with Crippen molar-refractivity contribution in [3.8, 4) is 22.6 Å². The first kappa shape index (κ1) is 42.2. The maximum atomic E-state index is 13.0. The van der Waals surface area contributed by atoms with Gasteiger partial charge in [-0.3, -0.25) is 29.8 Å². The lowest BCUT2D eigenvalue weighted by Gasteiger charge is -2.19. The number of nitro benzene ring substituents is 2. The molecule has 0 fully saturated rings. The van der Waals surface area contributed by atoms with Crippen molar-refractivity contribution >= 4 is 90.8 Å². The maximum absolute atomic E-state index is 13.0. The van der Waals surface area contributed by atoms with Crippen LogP contribution in [0.1, 0.15) is 0 Å². The first-order chi connectivity index (χ1) is 29.0. The van der Waals surface area contributed by atoms with Crippen LogP contribution in [-0.4, -0.2) is 71.3 Å². The van der Waals surface area contributed by atoms with Crippen LogP contribution in [0.15, 0.2) is 121 Å². The molecule has 0 radical (unpaired) electrons. The molecule has 0 atom stereocenters. The van der Waals surface area contributed by atoms with Crippen molar-refractivity contribution in [1.29, 1.82) is 0 Å². The highest BCUT2D eigenvalue weighted by Crippen LogP contribution is 2.45. The van der Waals surface area contributed by atoms with E-state index in [1.165, 1.54) is 24.3 Å². The van der Waals surface area contributed by atoms with Crippen molar-refractivity contribution in [2.24, 2.45) is 0 Å². The number of anilines is 2. The number of benzene rings is 6. The third kappa shape index (κ3) is 11.4. The summed E-state index contributed by atoms with van der Waals surface area (Å²) >= 11 is 10.6. The summed E-state index contributed by atoms with van der Waals surface area (Å²) in [5.74, 6) is 0.137. The van der Waals surface area contributed by atoms with Gasteiger partial charge in [0.25, 0.3) is 23.2 Å². The van der Waals surface area contributed by atoms with E-state index in [9.17, 15) is 29.8 Å². The lowest BCUT2D eigenvalue weighted by molar-refractivity contribution is -0.385. The molecule has 6 aromatic carbocycles. The molecule has 60 heavy (non-hydrogen) atoms. The van der Waals surface area contributed by atoms with E-state index >= 15 is 0 Å². The second kappa shape index (κ2) is 20.3. The van der Waals surface area contributed by atoms with Gasteiger partial charge in [-0.05, 0) is 82.4 Å². The minimum Gasteiger partial charge on any atom is -0.483 e. The smallest absolute Gasteiger partial charge is 0.269 e. The number of amides is 2. The highest BCUT2D eigenvalue weighted by atomic mass is 32.1. The highest BCUT2D eigenvalue weighted by Gasteiger charge is 2.20. The van der Waals surface area contributed by atoms with Crippen LogP contribution in [0.2, 0.25) is 0 Å². The molecule has 18 heteroatoms. The largest absolute Gasteiger partial charge is 0.483 e. The molecule has 0 saturated heterocycles.